The first-order chi connectivity index (χ1) is 27.5. The Morgan fingerprint density at radius 3 is 1.61 bits per heavy atom. The topological polar surface area (TPSA) is 186 Å². The molecule has 1 aliphatic heterocycles. The van der Waals surface area contributed by atoms with E-state index in [0.717, 1.165) is 70.6 Å². The van der Waals surface area contributed by atoms with Crippen molar-refractivity contribution < 1.29 is 56.8 Å². The van der Waals surface area contributed by atoms with Crippen LogP contribution in [0.25, 0.3) is 0 Å². The third kappa shape index (κ3) is 29.7. The molecule has 6 atom stereocenters. The predicted molar refractivity (Wildman–Crippen MR) is 224 cm³/mol. The quantitative estimate of drug-likeness (QED) is 0.0204. The second kappa shape index (κ2) is 34.7. The Balaban J connectivity index is 2.47. The van der Waals surface area contributed by atoms with Gasteiger partial charge >= 0.3 is 11.9 Å². The summed E-state index contributed by atoms with van der Waals surface area (Å²) in [6.45, 7) is 3.68. The van der Waals surface area contributed by atoms with Crippen molar-refractivity contribution in [3.05, 3.63) is 36.5 Å². The Hall–Kier alpha value is -2.13. The number of unbranched alkanes of at least 4 members (excludes halogenated alkanes) is 18. The Morgan fingerprint density at radius 2 is 1.07 bits per heavy atom. The van der Waals surface area contributed by atoms with Crippen molar-refractivity contribution in [1.29, 1.82) is 0 Å². The van der Waals surface area contributed by atoms with Gasteiger partial charge in [-0.3, -0.25) is 14.1 Å². The maximum atomic E-state index is 12.8. The summed E-state index contributed by atoms with van der Waals surface area (Å²) in [7, 11) is -4.60. The van der Waals surface area contributed by atoms with Gasteiger partial charge in [0.25, 0.3) is 10.1 Å². The molecule has 332 valence electrons. The number of aliphatic hydroxyl groups excluding tert-OH is 3. The highest BCUT2D eigenvalue weighted by Crippen LogP contribution is 2.24. The van der Waals surface area contributed by atoms with E-state index in [2.05, 4.69) is 50.3 Å². The highest BCUT2D eigenvalue weighted by molar-refractivity contribution is 7.85. The highest BCUT2D eigenvalue weighted by Gasteiger charge is 2.46. The standard InChI is InChI=1S/C44H78O12S/c1-3-5-7-9-11-13-15-17-19-21-22-24-26-28-30-32-39(45)53-34-37(35-54-44-43(49)42(48)41(47)38(56-44)36-57(50,51)52)55-40(46)33-31-29-27-25-23-20-18-16-14-12-10-8-6-4-2/h10,12-13,15-16,18,37-38,41-44,47-49H,3-9,11,14,17,19-36H2,1-2H3,(H,50,51,52)/b12-10+,15-13+,18-16+/t37-,38-,41-,42?,43?,44+/m1/s1. The Morgan fingerprint density at radius 1 is 0.596 bits per heavy atom. The van der Waals surface area contributed by atoms with E-state index in [4.69, 9.17) is 18.9 Å². The second-order valence-corrected chi connectivity index (χ2v) is 16.9. The maximum Gasteiger partial charge on any atom is 0.306 e. The number of esters is 2. The fourth-order valence-electron chi connectivity index (χ4n) is 6.45. The van der Waals surface area contributed by atoms with E-state index in [0.29, 0.717) is 12.8 Å². The van der Waals surface area contributed by atoms with Crippen LogP contribution in [0, 0.1) is 0 Å². The molecule has 0 saturated carbocycles. The van der Waals surface area contributed by atoms with Gasteiger partial charge in [-0.2, -0.15) is 8.42 Å². The maximum absolute atomic E-state index is 12.8. The van der Waals surface area contributed by atoms with Crippen LogP contribution in [0.2, 0.25) is 0 Å². The average Bonchev–Trinajstić information content (AvgIpc) is 3.17. The third-order valence-electron chi connectivity index (χ3n) is 9.94. The third-order valence-corrected chi connectivity index (χ3v) is 10.7. The molecule has 1 fully saturated rings. The van der Waals surface area contributed by atoms with Crippen molar-refractivity contribution >= 4 is 22.1 Å². The monoisotopic (exact) mass is 831 g/mol. The number of allylic oxidation sites excluding steroid dienone is 6. The van der Waals surface area contributed by atoms with Gasteiger partial charge in [0.05, 0.1) is 6.61 Å². The fourth-order valence-corrected chi connectivity index (χ4v) is 7.14. The molecule has 1 aliphatic rings. The fraction of sp³-hybridized carbons (Fsp3) is 0.818. The molecule has 2 unspecified atom stereocenters. The van der Waals surface area contributed by atoms with Gasteiger partial charge in [0.2, 0.25) is 0 Å². The Bertz CT molecular complexity index is 1200. The first kappa shape index (κ1) is 52.9. The van der Waals surface area contributed by atoms with Gasteiger partial charge in [0.1, 0.15) is 36.8 Å². The zero-order valence-corrected chi connectivity index (χ0v) is 36.0. The molecule has 57 heavy (non-hydrogen) atoms. The summed E-state index contributed by atoms with van der Waals surface area (Å²) in [4.78, 5) is 25.4. The minimum absolute atomic E-state index is 0.147. The lowest BCUT2D eigenvalue weighted by atomic mass is 10.00. The molecule has 1 rings (SSSR count). The summed E-state index contributed by atoms with van der Waals surface area (Å²) in [6.07, 6.45) is 29.0. The lowest BCUT2D eigenvalue weighted by molar-refractivity contribution is -0.297. The van der Waals surface area contributed by atoms with Crippen LogP contribution in [0.3, 0.4) is 0 Å². The van der Waals surface area contributed by atoms with Crippen molar-refractivity contribution in [2.45, 2.75) is 211 Å². The molecule has 0 spiro atoms. The Labute approximate surface area is 344 Å². The van der Waals surface area contributed by atoms with Crippen LogP contribution >= 0.6 is 0 Å². The van der Waals surface area contributed by atoms with E-state index in [1.807, 2.05) is 0 Å². The summed E-state index contributed by atoms with van der Waals surface area (Å²) in [6, 6.07) is 0. The minimum atomic E-state index is -4.60. The van der Waals surface area contributed by atoms with Crippen LogP contribution in [0.1, 0.15) is 174 Å². The molecule has 13 heteroatoms. The molecule has 12 nitrogen and oxygen atoms in total. The molecule has 1 heterocycles. The molecular weight excluding hydrogens is 753 g/mol. The van der Waals surface area contributed by atoms with Gasteiger partial charge in [-0.15, -0.1) is 0 Å². The number of aliphatic hydroxyl groups is 3. The molecule has 0 aliphatic carbocycles. The number of carbonyl (C=O) groups excluding carboxylic acids is 2. The predicted octanol–water partition coefficient (Wildman–Crippen LogP) is 8.61. The van der Waals surface area contributed by atoms with E-state index in [9.17, 15) is 37.9 Å². The molecular formula is C44H78O12S. The SMILES string of the molecule is CCCC/C=C/C/C=C/CCCCCCCC(=O)O[C@H](COC(=O)CCCCCCCCC/C=C/CCCCCC)CO[C@H]1O[C@H](CS(=O)(=O)O)[C@@H](O)C(O)C1O. The van der Waals surface area contributed by atoms with Crippen molar-refractivity contribution in [2.24, 2.45) is 0 Å². The summed E-state index contributed by atoms with van der Waals surface area (Å²) >= 11 is 0. The van der Waals surface area contributed by atoms with E-state index < -0.39 is 71.2 Å². The summed E-state index contributed by atoms with van der Waals surface area (Å²) in [5.41, 5.74) is 0. The Kier molecular flexibility index (Phi) is 32.2. The zero-order valence-electron chi connectivity index (χ0n) is 35.2. The van der Waals surface area contributed by atoms with Crippen LogP contribution in [-0.4, -0.2) is 96.0 Å². The summed E-state index contributed by atoms with van der Waals surface area (Å²) in [5, 5.41) is 30.8. The molecule has 0 aromatic rings. The molecule has 0 radical (unpaired) electrons. The van der Waals surface area contributed by atoms with Gasteiger partial charge in [-0.1, -0.05) is 134 Å². The van der Waals surface area contributed by atoms with Crippen molar-refractivity contribution in [1.82, 2.24) is 0 Å². The second-order valence-electron chi connectivity index (χ2n) is 15.4. The van der Waals surface area contributed by atoms with Crippen LogP contribution in [0.5, 0.6) is 0 Å². The van der Waals surface area contributed by atoms with E-state index in [-0.39, 0.29) is 19.4 Å². The molecule has 4 N–H and O–H groups in total. The van der Waals surface area contributed by atoms with Crippen LogP contribution in [0.4, 0.5) is 0 Å². The minimum Gasteiger partial charge on any atom is -0.462 e. The van der Waals surface area contributed by atoms with Gasteiger partial charge in [-0.05, 0) is 64.2 Å². The van der Waals surface area contributed by atoms with Gasteiger partial charge in [0, 0.05) is 12.8 Å². The van der Waals surface area contributed by atoms with Gasteiger partial charge in [-0.25, -0.2) is 0 Å². The summed E-state index contributed by atoms with van der Waals surface area (Å²) < 4.78 is 54.0. The summed E-state index contributed by atoms with van der Waals surface area (Å²) in [5.74, 6) is -2.01. The number of carbonyl (C=O) groups is 2. The smallest absolute Gasteiger partial charge is 0.306 e. The lowest BCUT2D eigenvalue weighted by Crippen LogP contribution is -2.60. The zero-order chi connectivity index (χ0) is 42.0. The molecule has 0 amide bonds. The molecule has 1 saturated heterocycles. The van der Waals surface area contributed by atoms with E-state index in [1.165, 1.54) is 64.2 Å². The molecule has 0 bridgehead atoms. The number of ether oxygens (including phenoxy) is 4. The molecule has 0 aromatic heterocycles. The van der Waals surface area contributed by atoms with E-state index in [1.54, 1.807) is 0 Å². The van der Waals surface area contributed by atoms with Gasteiger partial charge in [0.15, 0.2) is 12.4 Å². The highest BCUT2D eigenvalue weighted by atomic mass is 32.2. The average molecular weight is 831 g/mol. The van der Waals surface area contributed by atoms with Gasteiger partial charge < -0.3 is 34.3 Å². The molecule has 0 aromatic carbocycles. The van der Waals surface area contributed by atoms with Crippen LogP contribution < -0.4 is 0 Å². The van der Waals surface area contributed by atoms with Crippen molar-refractivity contribution in [3.63, 3.8) is 0 Å². The van der Waals surface area contributed by atoms with E-state index >= 15 is 0 Å². The normalized spacial score (nSPS) is 20.8. The first-order valence-corrected chi connectivity index (χ1v) is 23.7. The van der Waals surface area contributed by atoms with Crippen LogP contribution in [-0.2, 0) is 38.7 Å². The van der Waals surface area contributed by atoms with Crippen molar-refractivity contribution in [3.8, 4) is 0 Å². The first-order valence-electron chi connectivity index (χ1n) is 22.0. The number of rotatable bonds is 36. The van der Waals surface area contributed by atoms with Crippen molar-refractivity contribution in [2.75, 3.05) is 19.0 Å². The number of hydrogen-bond donors (Lipinski definition) is 4. The lowest BCUT2D eigenvalue weighted by Gasteiger charge is -2.40. The van der Waals surface area contributed by atoms with Crippen LogP contribution in [0.15, 0.2) is 36.5 Å². The largest absolute Gasteiger partial charge is 0.462 e. The number of hydrogen-bond acceptors (Lipinski definition) is 11.